The zero-order valence-electron chi connectivity index (χ0n) is 14.9. The average Bonchev–Trinajstić information content (AvgIpc) is 3.14. The number of carbonyl (C=O) groups is 2. The summed E-state index contributed by atoms with van der Waals surface area (Å²) in [4.78, 5) is 29.0. The van der Waals surface area contributed by atoms with Crippen LogP contribution in [0.5, 0.6) is 0 Å². The molecule has 0 saturated carbocycles. The summed E-state index contributed by atoms with van der Waals surface area (Å²) in [6.07, 6.45) is 3.56. The minimum Gasteiger partial charge on any atom is -0.338 e. The fraction of sp³-hybridized carbons (Fsp3) is 0.364. The highest BCUT2D eigenvalue weighted by atomic mass is 16.2. The third kappa shape index (κ3) is 3.36. The van der Waals surface area contributed by atoms with Crippen molar-refractivity contribution in [1.29, 1.82) is 0 Å². The molecular formula is C22H24N2O2. The molecule has 0 N–H and O–H groups in total. The summed E-state index contributed by atoms with van der Waals surface area (Å²) in [5, 5.41) is 0. The standard InChI is InChI=1S/C22H24N2O2/c25-21-12-6-14-24(21)20-11-5-13-23(16-20)22(26)19-10-4-9-18(15-19)17-7-2-1-3-8-17/h1-4,7-10,15,20H,5-6,11-14,16H2. The van der Waals surface area contributed by atoms with E-state index in [1.807, 2.05) is 52.3 Å². The number of benzene rings is 2. The molecule has 4 nitrogen and oxygen atoms in total. The van der Waals surface area contributed by atoms with Crippen molar-refractivity contribution in [2.45, 2.75) is 31.7 Å². The van der Waals surface area contributed by atoms with Gasteiger partial charge in [-0.2, -0.15) is 0 Å². The Hall–Kier alpha value is -2.62. The van der Waals surface area contributed by atoms with Gasteiger partial charge in [-0.25, -0.2) is 0 Å². The van der Waals surface area contributed by atoms with Gasteiger partial charge in [0.15, 0.2) is 0 Å². The SMILES string of the molecule is O=C(c1cccc(-c2ccccc2)c1)N1CCCC(N2CCCC2=O)C1. The van der Waals surface area contributed by atoms with Crippen molar-refractivity contribution in [3.63, 3.8) is 0 Å². The van der Waals surface area contributed by atoms with Gasteiger partial charge < -0.3 is 9.80 Å². The van der Waals surface area contributed by atoms with Crippen molar-refractivity contribution in [2.24, 2.45) is 0 Å². The van der Waals surface area contributed by atoms with E-state index in [4.69, 9.17) is 0 Å². The molecule has 2 heterocycles. The third-order valence-electron chi connectivity index (χ3n) is 5.45. The van der Waals surface area contributed by atoms with Crippen LogP contribution in [0.4, 0.5) is 0 Å². The number of piperidine rings is 1. The first-order chi connectivity index (χ1) is 12.7. The fourth-order valence-electron chi connectivity index (χ4n) is 4.09. The second-order valence-corrected chi connectivity index (χ2v) is 7.18. The van der Waals surface area contributed by atoms with Gasteiger partial charge in [-0.1, -0.05) is 42.5 Å². The number of carbonyl (C=O) groups excluding carboxylic acids is 2. The van der Waals surface area contributed by atoms with Gasteiger partial charge in [-0.3, -0.25) is 9.59 Å². The van der Waals surface area contributed by atoms with E-state index in [-0.39, 0.29) is 17.9 Å². The normalized spacial score (nSPS) is 20.5. The van der Waals surface area contributed by atoms with E-state index >= 15 is 0 Å². The van der Waals surface area contributed by atoms with Gasteiger partial charge in [0.1, 0.15) is 0 Å². The Bertz CT molecular complexity index is 803. The monoisotopic (exact) mass is 348 g/mol. The van der Waals surface area contributed by atoms with Crippen molar-refractivity contribution in [2.75, 3.05) is 19.6 Å². The van der Waals surface area contributed by atoms with Crippen LogP contribution in [0.1, 0.15) is 36.0 Å². The molecule has 4 rings (SSSR count). The van der Waals surface area contributed by atoms with Crippen LogP contribution in [-0.4, -0.2) is 47.3 Å². The molecule has 134 valence electrons. The molecular weight excluding hydrogens is 324 g/mol. The molecule has 2 saturated heterocycles. The van der Waals surface area contributed by atoms with Crippen molar-refractivity contribution in [3.05, 3.63) is 60.2 Å². The maximum absolute atomic E-state index is 13.0. The van der Waals surface area contributed by atoms with Crippen LogP contribution in [0.2, 0.25) is 0 Å². The molecule has 0 radical (unpaired) electrons. The van der Waals surface area contributed by atoms with Crippen LogP contribution in [0.15, 0.2) is 54.6 Å². The Labute approximate surface area is 154 Å². The van der Waals surface area contributed by atoms with Gasteiger partial charge in [0.05, 0.1) is 0 Å². The molecule has 2 aliphatic rings. The zero-order valence-corrected chi connectivity index (χ0v) is 14.9. The fourth-order valence-corrected chi connectivity index (χ4v) is 4.09. The summed E-state index contributed by atoms with van der Waals surface area (Å²) >= 11 is 0. The van der Waals surface area contributed by atoms with E-state index in [1.54, 1.807) is 0 Å². The molecule has 4 heteroatoms. The summed E-state index contributed by atoms with van der Waals surface area (Å²) in [5.41, 5.74) is 2.89. The Morgan fingerprint density at radius 3 is 2.50 bits per heavy atom. The van der Waals surface area contributed by atoms with Gasteiger partial charge >= 0.3 is 0 Å². The topological polar surface area (TPSA) is 40.6 Å². The molecule has 1 atom stereocenters. The van der Waals surface area contributed by atoms with Gasteiger partial charge in [0.25, 0.3) is 5.91 Å². The summed E-state index contributed by atoms with van der Waals surface area (Å²) in [6.45, 7) is 2.27. The molecule has 2 aromatic rings. The van der Waals surface area contributed by atoms with Crippen LogP contribution in [0, 0.1) is 0 Å². The number of hydrogen-bond acceptors (Lipinski definition) is 2. The lowest BCUT2D eigenvalue weighted by molar-refractivity contribution is -0.130. The minimum absolute atomic E-state index is 0.0686. The minimum atomic E-state index is 0.0686. The lowest BCUT2D eigenvalue weighted by Crippen LogP contribution is -2.50. The first-order valence-corrected chi connectivity index (χ1v) is 9.46. The number of rotatable bonds is 3. The van der Waals surface area contributed by atoms with Crippen molar-refractivity contribution in [3.8, 4) is 11.1 Å². The Balaban J connectivity index is 1.51. The zero-order chi connectivity index (χ0) is 17.9. The number of likely N-dealkylation sites (tertiary alicyclic amines) is 2. The van der Waals surface area contributed by atoms with Gasteiger partial charge in [0, 0.05) is 37.7 Å². The maximum Gasteiger partial charge on any atom is 0.253 e. The largest absolute Gasteiger partial charge is 0.338 e. The molecule has 1 unspecified atom stereocenters. The summed E-state index contributed by atoms with van der Waals surface area (Å²) in [7, 11) is 0. The molecule has 2 fully saturated rings. The van der Waals surface area contributed by atoms with Gasteiger partial charge in [-0.15, -0.1) is 0 Å². The molecule has 2 amide bonds. The number of nitrogens with zero attached hydrogens (tertiary/aromatic N) is 2. The van der Waals surface area contributed by atoms with E-state index in [0.717, 1.165) is 49.0 Å². The molecule has 0 spiro atoms. The first kappa shape index (κ1) is 16.8. The van der Waals surface area contributed by atoms with Crippen LogP contribution in [0.25, 0.3) is 11.1 Å². The van der Waals surface area contributed by atoms with Crippen LogP contribution in [0.3, 0.4) is 0 Å². The quantitative estimate of drug-likeness (QED) is 0.851. The third-order valence-corrected chi connectivity index (χ3v) is 5.45. The second-order valence-electron chi connectivity index (χ2n) is 7.18. The highest BCUT2D eigenvalue weighted by Gasteiger charge is 2.33. The van der Waals surface area contributed by atoms with E-state index in [2.05, 4.69) is 12.1 Å². The molecule has 0 bridgehead atoms. The second kappa shape index (κ2) is 7.32. The van der Waals surface area contributed by atoms with E-state index in [0.29, 0.717) is 13.0 Å². The van der Waals surface area contributed by atoms with Crippen molar-refractivity contribution in [1.82, 2.24) is 9.80 Å². The number of amides is 2. The summed E-state index contributed by atoms with van der Waals surface area (Å²) < 4.78 is 0. The van der Waals surface area contributed by atoms with Crippen LogP contribution in [-0.2, 0) is 4.79 Å². The van der Waals surface area contributed by atoms with Crippen LogP contribution < -0.4 is 0 Å². The molecule has 2 aliphatic heterocycles. The Kier molecular flexibility index (Phi) is 4.74. The lowest BCUT2D eigenvalue weighted by atomic mass is 10.0. The molecule has 0 aromatic heterocycles. The number of hydrogen-bond donors (Lipinski definition) is 0. The molecule has 26 heavy (non-hydrogen) atoms. The lowest BCUT2D eigenvalue weighted by Gasteiger charge is -2.37. The van der Waals surface area contributed by atoms with Gasteiger partial charge in [0.2, 0.25) is 5.91 Å². The van der Waals surface area contributed by atoms with E-state index in [1.165, 1.54) is 0 Å². The average molecular weight is 348 g/mol. The summed E-state index contributed by atoms with van der Waals surface area (Å²) in [6, 6.07) is 18.1. The maximum atomic E-state index is 13.0. The smallest absolute Gasteiger partial charge is 0.253 e. The highest BCUT2D eigenvalue weighted by Crippen LogP contribution is 2.24. The first-order valence-electron chi connectivity index (χ1n) is 9.46. The predicted octanol–water partition coefficient (Wildman–Crippen LogP) is 3.58. The molecule has 0 aliphatic carbocycles. The van der Waals surface area contributed by atoms with Crippen molar-refractivity contribution < 1.29 is 9.59 Å². The molecule has 2 aromatic carbocycles. The van der Waals surface area contributed by atoms with Gasteiger partial charge in [-0.05, 0) is 42.5 Å². The van der Waals surface area contributed by atoms with Crippen molar-refractivity contribution >= 4 is 11.8 Å². The Morgan fingerprint density at radius 1 is 0.923 bits per heavy atom. The van der Waals surface area contributed by atoms with E-state index in [9.17, 15) is 9.59 Å². The highest BCUT2D eigenvalue weighted by molar-refractivity contribution is 5.95. The predicted molar refractivity (Wildman–Crippen MR) is 102 cm³/mol. The van der Waals surface area contributed by atoms with Crippen LogP contribution >= 0.6 is 0 Å². The Morgan fingerprint density at radius 2 is 1.73 bits per heavy atom. The summed E-state index contributed by atoms with van der Waals surface area (Å²) in [5.74, 6) is 0.314. The van der Waals surface area contributed by atoms with E-state index < -0.39 is 0 Å².